The smallest absolute Gasteiger partial charge is 0.335 e. The number of carboxylic acid groups (broad SMARTS) is 1. The standard InChI is InChI=1S/C14H10BrClO3/c1-8-4-11(16)2-3-13(8)19-12-6-9(14(17)18)5-10(15)7-12/h2-7H,1H3,(H,17,18). The number of benzene rings is 2. The van der Waals surface area contributed by atoms with Gasteiger partial charge in [-0.15, -0.1) is 0 Å². The zero-order valence-electron chi connectivity index (χ0n) is 9.98. The maximum atomic E-state index is 11.0. The van der Waals surface area contributed by atoms with Crippen molar-refractivity contribution in [3.63, 3.8) is 0 Å². The maximum absolute atomic E-state index is 11.0. The second-order valence-electron chi connectivity index (χ2n) is 3.99. The van der Waals surface area contributed by atoms with Gasteiger partial charge in [-0.1, -0.05) is 27.5 Å². The molecule has 1 N–H and O–H groups in total. The summed E-state index contributed by atoms with van der Waals surface area (Å²) in [5.41, 5.74) is 1.04. The number of halogens is 2. The van der Waals surface area contributed by atoms with Crippen LogP contribution in [0.25, 0.3) is 0 Å². The van der Waals surface area contributed by atoms with E-state index in [4.69, 9.17) is 21.4 Å². The zero-order chi connectivity index (χ0) is 14.0. The molecule has 3 nitrogen and oxygen atoms in total. The number of carbonyl (C=O) groups is 1. The van der Waals surface area contributed by atoms with E-state index in [1.165, 1.54) is 12.1 Å². The molecule has 2 aromatic rings. The molecule has 19 heavy (non-hydrogen) atoms. The highest BCUT2D eigenvalue weighted by atomic mass is 79.9. The second kappa shape index (κ2) is 5.63. The van der Waals surface area contributed by atoms with Crippen molar-refractivity contribution in [1.29, 1.82) is 0 Å². The molecule has 0 aliphatic rings. The van der Waals surface area contributed by atoms with E-state index in [0.717, 1.165) is 5.56 Å². The summed E-state index contributed by atoms with van der Waals surface area (Å²) >= 11 is 9.13. The fraction of sp³-hybridized carbons (Fsp3) is 0.0714. The van der Waals surface area contributed by atoms with Crippen molar-refractivity contribution in [2.24, 2.45) is 0 Å². The number of carboxylic acids is 1. The molecule has 0 fully saturated rings. The largest absolute Gasteiger partial charge is 0.478 e. The van der Waals surface area contributed by atoms with Gasteiger partial charge in [0.05, 0.1) is 5.56 Å². The molecule has 0 saturated carbocycles. The van der Waals surface area contributed by atoms with Gasteiger partial charge in [-0.25, -0.2) is 4.79 Å². The van der Waals surface area contributed by atoms with Crippen molar-refractivity contribution < 1.29 is 14.6 Å². The highest BCUT2D eigenvalue weighted by molar-refractivity contribution is 9.10. The Balaban J connectivity index is 2.35. The van der Waals surface area contributed by atoms with Gasteiger partial charge in [0.2, 0.25) is 0 Å². The van der Waals surface area contributed by atoms with Crippen molar-refractivity contribution >= 4 is 33.5 Å². The van der Waals surface area contributed by atoms with Gasteiger partial charge in [0.15, 0.2) is 0 Å². The average Bonchev–Trinajstić information content (AvgIpc) is 2.32. The Morgan fingerprint density at radius 2 is 2.00 bits per heavy atom. The fourth-order valence-corrected chi connectivity index (χ4v) is 2.30. The Kier molecular flexibility index (Phi) is 4.12. The Labute approximate surface area is 123 Å². The van der Waals surface area contributed by atoms with Crippen molar-refractivity contribution in [1.82, 2.24) is 0 Å². The van der Waals surface area contributed by atoms with E-state index in [1.807, 2.05) is 6.92 Å². The highest BCUT2D eigenvalue weighted by Crippen LogP contribution is 2.29. The lowest BCUT2D eigenvalue weighted by Crippen LogP contribution is -1.97. The Morgan fingerprint density at radius 3 is 2.63 bits per heavy atom. The number of aryl methyl sites for hydroxylation is 1. The quantitative estimate of drug-likeness (QED) is 0.863. The predicted molar refractivity (Wildman–Crippen MR) is 77.4 cm³/mol. The number of rotatable bonds is 3. The summed E-state index contributed by atoms with van der Waals surface area (Å²) in [6.45, 7) is 1.87. The summed E-state index contributed by atoms with van der Waals surface area (Å²) in [7, 11) is 0. The summed E-state index contributed by atoms with van der Waals surface area (Å²) in [5, 5.41) is 9.63. The number of hydrogen-bond donors (Lipinski definition) is 1. The van der Waals surface area contributed by atoms with Gasteiger partial charge >= 0.3 is 5.97 Å². The molecule has 0 aliphatic heterocycles. The van der Waals surface area contributed by atoms with Crippen molar-refractivity contribution in [2.75, 3.05) is 0 Å². The van der Waals surface area contributed by atoms with E-state index in [1.54, 1.807) is 24.3 Å². The fourth-order valence-electron chi connectivity index (χ4n) is 1.60. The molecule has 0 bridgehead atoms. The summed E-state index contributed by atoms with van der Waals surface area (Å²) in [4.78, 5) is 11.0. The lowest BCUT2D eigenvalue weighted by Gasteiger charge is -2.10. The van der Waals surface area contributed by atoms with Crippen LogP contribution in [0.15, 0.2) is 40.9 Å². The van der Waals surface area contributed by atoms with Gasteiger partial charge in [-0.2, -0.15) is 0 Å². The predicted octanol–water partition coefficient (Wildman–Crippen LogP) is 4.90. The SMILES string of the molecule is Cc1cc(Cl)ccc1Oc1cc(Br)cc(C(=O)O)c1. The topological polar surface area (TPSA) is 46.5 Å². The van der Waals surface area contributed by atoms with Gasteiger partial charge < -0.3 is 9.84 Å². The van der Waals surface area contributed by atoms with Gasteiger partial charge in [0.25, 0.3) is 0 Å². The highest BCUT2D eigenvalue weighted by Gasteiger charge is 2.08. The molecule has 0 atom stereocenters. The van der Waals surface area contributed by atoms with Gasteiger partial charge in [0.1, 0.15) is 11.5 Å². The maximum Gasteiger partial charge on any atom is 0.335 e. The molecule has 0 heterocycles. The van der Waals surface area contributed by atoms with Gasteiger partial charge in [0, 0.05) is 9.50 Å². The summed E-state index contributed by atoms with van der Waals surface area (Å²) in [6, 6.07) is 9.96. The summed E-state index contributed by atoms with van der Waals surface area (Å²) in [5.74, 6) is 0.0926. The van der Waals surface area contributed by atoms with Crippen LogP contribution in [0.3, 0.4) is 0 Å². The number of hydrogen-bond acceptors (Lipinski definition) is 2. The monoisotopic (exact) mass is 340 g/mol. The first kappa shape index (κ1) is 13.9. The van der Waals surface area contributed by atoms with Crippen LogP contribution in [-0.4, -0.2) is 11.1 Å². The Bertz CT molecular complexity index is 641. The molecule has 0 aliphatic carbocycles. The second-order valence-corrected chi connectivity index (χ2v) is 5.34. The van der Waals surface area contributed by atoms with Crippen molar-refractivity contribution in [3.8, 4) is 11.5 Å². The third-order valence-electron chi connectivity index (χ3n) is 2.48. The van der Waals surface area contributed by atoms with Crippen LogP contribution in [0, 0.1) is 6.92 Å². The van der Waals surface area contributed by atoms with E-state index >= 15 is 0 Å². The molecule has 98 valence electrons. The summed E-state index contributed by atoms with van der Waals surface area (Å²) < 4.78 is 6.33. The number of ether oxygens (including phenoxy) is 1. The third kappa shape index (κ3) is 3.49. The molecule has 5 heteroatoms. The minimum Gasteiger partial charge on any atom is -0.478 e. The first-order chi connectivity index (χ1) is 8.95. The Morgan fingerprint density at radius 1 is 1.26 bits per heavy atom. The van der Waals surface area contributed by atoms with Gasteiger partial charge in [-0.05, 0) is 48.9 Å². The molecule has 0 radical (unpaired) electrons. The molecular formula is C14H10BrClO3. The minimum atomic E-state index is -1.00. The molecule has 0 unspecified atom stereocenters. The zero-order valence-corrected chi connectivity index (χ0v) is 12.3. The van der Waals surface area contributed by atoms with E-state index < -0.39 is 5.97 Å². The first-order valence-electron chi connectivity index (χ1n) is 5.43. The Hall–Kier alpha value is -1.52. The van der Waals surface area contributed by atoms with Crippen LogP contribution in [0.1, 0.15) is 15.9 Å². The van der Waals surface area contributed by atoms with E-state index in [9.17, 15) is 4.79 Å². The third-order valence-corrected chi connectivity index (χ3v) is 3.18. The van der Waals surface area contributed by atoms with Crippen LogP contribution >= 0.6 is 27.5 Å². The van der Waals surface area contributed by atoms with Crippen molar-refractivity contribution in [3.05, 3.63) is 57.0 Å². The lowest BCUT2D eigenvalue weighted by molar-refractivity contribution is 0.0696. The van der Waals surface area contributed by atoms with E-state index in [-0.39, 0.29) is 5.56 Å². The van der Waals surface area contributed by atoms with E-state index in [2.05, 4.69) is 15.9 Å². The molecule has 2 rings (SSSR count). The lowest BCUT2D eigenvalue weighted by atomic mass is 10.2. The van der Waals surface area contributed by atoms with Crippen molar-refractivity contribution in [2.45, 2.75) is 6.92 Å². The molecule has 0 amide bonds. The normalized spacial score (nSPS) is 10.3. The van der Waals surface area contributed by atoms with Crippen LogP contribution in [0.5, 0.6) is 11.5 Å². The van der Waals surface area contributed by atoms with Crippen LogP contribution in [-0.2, 0) is 0 Å². The minimum absolute atomic E-state index is 0.163. The molecule has 2 aromatic carbocycles. The van der Waals surface area contributed by atoms with Gasteiger partial charge in [-0.3, -0.25) is 0 Å². The average molecular weight is 342 g/mol. The molecular weight excluding hydrogens is 332 g/mol. The molecule has 0 saturated heterocycles. The summed E-state index contributed by atoms with van der Waals surface area (Å²) in [6.07, 6.45) is 0. The van der Waals surface area contributed by atoms with E-state index in [0.29, 0.717) is 21.0 Å². The molecule has 0 aromatic heterocycles. The van der Waals surface area contributed by atoms with Crippen LogP contribution in [0.2, 0.25) is 5.02 Å². The number of aromatic carboxylic acids is 1. The molecule has 0 spiro atoms. The van der Waals surface area contributed by atoms with Crippen LogP contribution in [0.4, 0.5) is 0 Å². The van der Waals surface area contributed by atoms with Crippen LogP contribution < -0.4 is 4.74 Å². The first-order valence-corrected chi connectivity index (χ1v) is 6.60.